The van der Waals surface area contributed by atoms with Crippen LogP contribution in [0, 0.1) is 5.92 Å². The number of hydrogen-bond acceptors (Lipinski definition) is 3. The number of ether oxygens (including phenoxy) is 1. The summed E-state index contributed by atoms with van der Waals surface area (Å²) in [4.78, 5) is 2.36. The molecule has 0 saturated carbocycles. The van der Waals surface area contributed by atoms with Crippen LogP contribution in [-0.2, 0) is 4.74 Å². The van der Waals surface area contributed by atoms with E-state index in [1.165, 1.54) is 12.8 Å². The van der Waals surface area contributed by atoms with Crippen molar-refractivity contribution in [1.82, 2.24) is 10.2 Å². The number of nitrogens with zero attached hydrogens (tertiary/aromatic N) is 1. The van der Waals surface area contributed by atoms with E-state index in [0.717, 1.165) is 18.8 Å². The topological polar surface area (TPSA) is 24.5 Å². The molecular formula is C13H24N2O. The van der Waals surface area contributed by atoms with Crippen LogP contribution in [-0.4, -0.2) is 31.1 Å². The second-order valence-electron chi connectivity index (χ2n) is 4.68. The predicted octanol–water partition coefficient (Wildman–Crippen LogP) is 2.33. The molecule has 3 heteroatoms. The van der Waals surface area contributed by atoms with Gasteiger partial charge in [0.2, 0.25) is 0 Å². The van der Waals surface area contributed by atoms with Crippen molar-refractivity contribution in [3.05, 3.63) is 24.7 Å². The van der Waals surface area contributed by atoms with Crippen LogP contribution in [0.15, 0.2) is 24.7 Å². The van der Waals surface area contributed by atoms with Crippen LogP contribution in [0.4, 0.5) is 0 Å². The Morgan fingerprint density at radius 3 is 2.25 bits per heavy atom. The van der Waals surface area contributed by atoms with Gasteiger partial charge in [0.25, 0.3) is 0 Å². The summed E-state index contributed by atoms with van der Waals surface area (Å²) in [5.74, 6) is 1.08. The maximum atomic E-state index is 5.08. The Hall–Kier alpha value is -1.12. The van der Waals surface area contributed by atoms with Crippen molar-refractivity contribution in [2.75, 3.05) is 20.2 Å². The van der Waals surface area contributed by atoms with Crippen LogP contribution in [0.1, 0.15) is 26.7 Å². The van der Waals surface area contributed by atoms with E-state index in [2.05, 4.69) is 37.2 Å². The summed E-state index contributed by atoms with van der Waals surface area (Å²) in [5, 5.41) is 3.28. The highest BCUT2D eigenvalue weighted by atomic mass is 16.5. The fourth-order valence-corrected chi connectivity index (χ4v) is 2.07. The highest BCUT2D eigenvalue weighted by Gasteiger charge is 2.23. The van der Waals surface area contributed by atoms with E-state index in [-0.39, 0.29) is 6.04 Å². The summed E-state index contributed by atoms with van der Waals surface area (Å²) in [5.41, 5.74) is 1.16. The third kappa shape index (κ3) is 3.19. The Kier molecular flexibility index (Phi) is 4.71. The Bertz CT molecular complexity index is 255. The van der Waals surface area contributed by atoms with Gasteiger partial charge in [0.1, 0.15) is 0 Å². The monoisotopic (exact) mass is 224 g/mol. The van der Waals surface area contributed by atoms with Gasteiger partial charge >= 0.3 is 0 Å². The van der Waals surface area contributed by atoms with Crippen LogP contribution in [0.3, 0.4) is 0 Å². The predicted molar refractivity (Wildman–Crippen MR) is 67.9 cm³/mol. The molecule has 1 aliphatic heterocycles. The quantitative estimate of drug-likeness (QED) is 0.701. The van der Waals surface area contributed by atoms with Gasteiger partial charge in [-0.1, -0.05) is 20.4 Å². The van der Waals surface area contributed by atoms with E-state index in [9.17, 15) is 0 Å². The molecule has 3 nitrogen and oxygen atoms in total. The Morgan fingerprint density at radius 2 is 1.81 bits per heavy atom. The summed E-state index contributed by atoms with van der Waals surface area (Å²) in [6.45, 7) is 14.6. The molecule has 0 aliphatic carbocycles. The zero-order chi connectivity index (χ0) is 12.1. The molecule has 0 spiro atoms. The summed E-state index contributed by atoms with van der Waals surface area (Å²) >= 11 is 0. The fourth-order valence-electron chi connectivity index (χ4n) is 2.07. The lowest BCUT2D eigenvalue weighted by Crippen LogP contribution is -2.40. The van der Waals surface area contributed by atoms with Crippen molar-refractivity contribution >= 4 is 0 Å². The van der Waals surface area contributed by atoms with Crippen molar-refractivity contribution in [1.29, 1.82) is 0 Å². The van der Waals surface area contributed by atoms with Crippen LogP contribution >= 0.6 is 0 Å². The molecule has 1 atom stereocenters. The van der Waals surface area contributed by atoms with Crippen molar-refractivity contribution < 1.29 is 4.74 Å². The SMILES string of the molecule is C=C(N[C@H](C(=C)N1CCCC1)C(C)C)OC. The standard InChI is InChI=1S/C13H24N2O/c1-10(2)13(14-12(4)16-5)11(3)15-8-6-7-9-15/h10,13-14H,3-4,6-9H2,1-2,5H3/t13-/m0/s1. The maximum Gasteiger partial charge on any atom is 0.179 e. The first-order valence-electron chi connectivity index (χ1n) is 5.99. The first kappa shape index (κ1) is 12.9. The second-order valence-corrected chi connectivity index (χ2v) is 4.68. The number of likely N-dealkylation sites (tertiary alicyclic amines) is 1. The van der Waals surface area contributed by atoms with E-state index in [4.69, 9.17) is 4.74 Å². The van der Waals surface area contributed by atoms with Crippen molar-refractivity contribution in [3.8, 4) is 0 Å². The van der Waals surface area contributed by atoms with Gasteiger partial charge in [0.15, 0.2) is 5.88 Å². The van der Waals surface area contributed by atoms with E-state index < -0.39 is 0 Å². The molecule has 1 aliphatic rings. The Labute approximate surface area is 99.2 Å². The average molecular weight is 224 g/mol. The van der Waals surface area contributed by atoms with Gasteiger partial charge in [-0.25, -0.2) is 0 Å². The van der Waals surface area contributed by atoms with Crippen molar-refractivity contribution in [2.24, 2.45) is 5.92 Å². The molecule has 0 unspecified atom stereocenters. The molecule has 1 rings (SSSR count). The van der Waals surface area contributed by atoms with Crippen LogP contribution < -0.4 is 5.32 Å². The van der Waals surface area contributed by atoms with Gasteiger partial charge in [-0.3, -0.25) is 0 Å². The van der Waals surface area contributed by atoms with Gasteiger partial charge in [0, 0.05) is 18.8 Å². The highest BCUT2D eigenvalue weighted by Crippen LogP contribution is 2.20. The summed E-state index contributed by atoms with van der Waals surface area (Å²) in [7, 11) is 1.63. The molecule has 1 heterocycles. The molecule has 0 aromatic carbocycles. The van der Waals surface area contributed by atoms with Gasteiger partial charge in [-0.15, -0.1) is 0 Å². The lowest BCUT2D eigenvalue weighted by Gasteiger charge is -2.32. The normalized spacial score (nSPS) is 17.4. The molecule has 16 heavy (non-hydrogen) atoms. The average Bonchev–Trinajstić information content (AvgIpc) is 2.77. The summed E-state index contributed by atoms with van der Waals surface area (Å²) < 4.78 is 5.08. The minimum atomic E-state index is 0.213. The number of methoxy groups -OCH3 is 1. The summed E-state index contributed by atoms with van der Waals surface area (Å²) in [6.07, 6.45) is 2.55. The molecule has 92 valence electrons. The van der Waals surface area contributed by atoms with E-state index in [1.807, 2.05) is 0 Å². The molecule has 0 amide bonds. The highest BCUT2D eigenvalue weighted by molar-refractivity contribution is 5.09. The fraction of sp³-hybridized carbons (Fsp3) is 0.692. The van der Waals surface area contributed by atoms with Gasteiger partial charge < -0.3 is 15.0 Å². The number of rotatable bonds is 6. The lowest BCUT2D eigenvalue weighted by molar-refractivity contribution is 0.234. The number of hydrogen-bond donors (Lipinski definition) is 1. The largest absolute Gasteiger partial charge is 0.483 e. The molecule has 1 N–H and O–H groups in total. The van der Waals surface area contributed by atoms with Crippen LogP contribution in [0.2, 0.25) is 0 Å². The number of nitrogens with one attached hydrogen (secondary N) is 1. The van der Waals surface area contributed by atoms with Crippen LogP contribution in [0.25, 0.3) is 0 Å². The van der Waals surface area contributed by atoms with Crippen molar-refractivity contribution in [2.45, 2.75) is 32.7 Å². The first-order chi connectivity index (χ1) is 7.56. The van der Waals surface area contributed by atoms with Crippen molar-refractivity contribution in [3.63, 3.8) is 0 Å². The van der Waals surface area contributed by atoms with Gasteiger partial charge in [-0.05, 0) is 25.3 Å². The second kappa shape index (κ2) is 5.83. The Morgan fingerprint density at radius 1 is 1.25 bits per heavy atom. The molecule has 0 aromatic rings. The zero-order valence-corrected chi connectivity index (χ0v) is 10.8. The summed E-state index contributed by atoms with van der Waals surface area (Å²) in [6, 6.07) is 0.213. The maximum absolute atomic E-state index is 5.08. The third-order valence-electron chi connectivity index (χ3n) is 3.10. The van der Waals surface area contributed by atoms with E-state index in [1.54, 1.807) is 7.11 Å². The Balaban J connectivity index is 2.61. The first-order valence-corrected chi connectivity index (χ1v) is 5.99. The zero-order valence-electron chi connectivity index (χ0n) is 10.8. The molecule has 0 bridgehead atoms. The third-order valence-corrected chi connectivity index (χ3v) is 3.10. The molecule has 1 saturated heterocycles. The molecule has 0 aromatic heterocycles. The molecule has 1 fully saturated rings. The van der Waals surface area contributed by atoms with E-state index in [0.29, 0.717) is 11.8 Å². The lowest BCUT2D eigenvalue weighted by atomic mass is 10.0. The minimum absolute atomic E-state index is 0.213. The molecular weight excluding hydrogens is 200 g/mol. The van der Waals surface area contributed by atoms with Crippen LogP contribution in [0.5, 0.6) is 0 Å². The molecule has 0 radical (unpaired) electrons. The van der Waals surface area contributed by atoms with Gasteiger partial charge in [-0.2, -0.15) is 0 Å². The minimum Gasteiger partial charge on any atom is -0.483 e. The smallest absolute Gasteiger partial charge is 0.179 e. The van der Waals surface area contributed by atoms with E-state index >= 15 is 0 Å². The van der Waals surface area contributed by atoms with Gasteiger partial charge in [0.05, 0.1) is 13.2 Å².